The molecule has 1 aliphatic heterocycles. The molecule has 1 saturated heterocycles. The van der Waals surface area contributed by atoms with Gasteiger partial charge in [-0.05, 0) is 55.6 Å². The lowest BCUT2D eigenvalue weighted by atomic mass is 9.82. The maximum absolute atomic E-state index is 15.9. The molecule has 3 aromatic rings. The van der Waals surface area contributed by atoms with Gasteiger partial charge in [0.05, 0.1) is 27.9 Å². The van der Waals surface area contributed by atoms with E-state index in [-0.39, 0.29) is 29.8 Å². The molecule has 50 heavy (non-hydrogen) atoms. The quantitative estimate of drug-likeness (QED) is 0.240. The smallest absolute Gasteiger partial charge is 0.255 e. The molecule has 5 rings (SSSR count). The van der Waals surface area contributed by atoms with Crippen molar-refractivity contribution in [1.82, 2.24) is 20.4 Å². The molecule has 3 N–H and O–H groups in total. The zero-order valence-corrected chi connectivity index (χ0v) is 31.2. The van der Waals surface area contributed by atoms with Crippen LogP contribution in [0.2, 0.25) is 6.55 Å². The Labute approximate surface area is 295 Å². The number of fused-ring (bicyclic) bond motifs is 1. The van der Waals surface area contributed by atoms with Crippen LogP contribution in [0.5, 0.6) is 5.75 Å². The van der Waals surface area contributed by atoms with E-state index in [1.54, 1.807) is 50.1 Å². The first-order valence-electron chi connectivity index (χ1n) is 17.8. The molecule has 270 valence electrons. The average molecular weight is 708 g/mol. The molecule has 2 fully saturated rings. The van der Waals surface area contributed by atoms with E-state index < -0.39 is 44.3 Å². The zero-order chi connectivity index (χ0) is 36.0. The van der Waals surface area contributed by atoms with Crippen LogP contribution in [0.25, 0.3) is 11.0 Å². The molecule has 0 unspecified atom stereocenters. The summed E-state index contributed by atoms with van der Waals surface area (Å²) in [5.74, 6) is -2.01. The van der Waals surface area contributed by atoms with Crippen LogP contribution in [0.15, 0.2) is 47.1 Å². The normalized spacial score (nSPS) is 18.4. The third-order valence-corrected chi connectivity index (χ3v) is 12.8. The predicted molar refractivity (Wildman–Crippen MR) is 194 cm³/mol. The van der Waals surface area contributed by atoms with Gasteiger partial charge in [-0.25, -0.2) is 4.39 Å². The van der Waals surface area contributed by atoms with Gasteiger partial charge in [-0.1, -0.05) is 45.7 Å². The fourth-order valence-electron chi connectivity index (χ4n) is 7.30. The molecule has 13 heteroatoms. The molecule has 0 bridgehead atoms. The van der Waals surface area contributed by atoms with Gasteiger partial charge >= 0.3 is 0 Å². The van der Waals surface area contributed by atoms with Crippen molar-refractivity contribution in [2.45, 2.75) is 76.0 Å². The third-order valence-electron chi connectivity index (χ3n) is 10.6. The van der Waals surface area contributed by atoms with Gasteiger partial charge in [-0.3, -0.25) is 19.2 Å². The maximum Gasteiger partial charge on any atom is 0.255 e. The molecule has 1 aromatic heterocycles. The van der Waals surface area contributed by atoms with Gasteiger partial charge in [0.2, 0.25) is 17.7 Å². The minimum atomic E-state index is -1.26. The van der Waals surface area contributed by atoms with Gasteiger partial charge in [-0.15, -0.1) is 0 Å². The fraction of sp³-hybridized carbons (Fsp3) is 0.514. The summed E-state index contributed by atoms with van der Waals surface area (Å²) >= 11 is 0. The van der Waals surface area contributed by atoms with Crippen LogP contribution in [0.1, 0.15) is 74.2 Å². The first-order chi connectivity index (χ1) is 24.0. The molecule has 1 aliphatic carbocycles. The Balaban J connectivity index is 1.39. The summed E-state index contributed by atoms with van der Waals surface area (Å²) in [6.07, 6.45) is 6.12. The van der Waals surface area contributed by atoms with Crippen LogP contribution in [0, 0.1) is 11.7 Å². The average Bonchev–Trinajstić information content (AvgIpc) is 3.57. The number of furan rings is 1. The Morgan fingerprint density at radius 1 is 1.06 bits per heavy atom. The summed E-state index contributed by atoms with van der Waals surface area (Å²) in [5, 5.41) is 8.27. The molecule has 3 atom stereocenters. The van der Waals surface area contributed by atoms with E-state index in [9.17, 15) is 19.2 Å². The number of anilines is 1. The van der Waals surface area contributed by atoms with Crippen molar-refractivity contribution < 1.29 is 32.7 Å². The number of rotatable bonds is 12. The minimum absolute atomic E-state index is 0.0109. The van der Waals surface area contributed by atoms with Gasteiger partial charge in [0, 0.05) is 50.0 Å². The first-order valence-corrected chi connectivity index (χ1v) is 19.9. The number of halogens is 1. The van der Waals surface area contributed by atoms with E-state index in [0.29, 0.717) is 40.9 Å². The minimum Gasteiger partial charge on any atom is -0.497 e. The van der Waals surface area contributed by atoms with E-state index in [2.05, 4.69) is 20.9 Å². The number of ether oxygens (including phenoxy) is 1. The molecule has 1 saturated carbocycles. The molecule has 0 spiro atoms. The number of hydrogen-bond acceptors (Lipinski definition) is 7. The Morgan fingerprint density at radius 2 is 1.78 bits per heavy atom. The Kier molecular flexibility index (Phi) is 12.0. The van der Waals surface area contributed by atoms with Crippen LogP contribution >= 0.6 is 0 Å². The molecule has 4 amide bonds. The summed E-state index contributed by atoms with van der Waals surface area (Å²) < 4.78 is 26.9. The van der Waals surface area contributed by atoms with Crippen LogP contribution < -0.4 is 20.7 Å². The van der Waals surface area contributed by atoms with Crippen molar-refractivity contribution >= 4 is 49.8 Å². The highest BCUT2D eigenvalue weighted by molar-refractivity contribution is 6.48. The topological polar surface area (TPSA) is 133 Å². The van der Waals surface area contributed by atoms with Crippen LogP contribution in [-0.2, 0) is 14.4 Å². The SMILES string of the molecule is CCC(=O)N[C@@H](C(=O)N1CCN(C)CC1)[C@@H](C)c1ccc(NC(=O)[C@@](NC(=O)c2coc3cc(OC)ccc23)([SiH2]C)C2CCCCC2)c(F)c1. The zero-order valence-electron chi connectivity index (χ0n) is 29.8. The lowest BCUT2D eigenvalue weighted by Crippen LogP contribution is -2.65. The van der Waals surface area contributed by atoms with Crippen molar-refractivity contribution in [2.75, 3.05) is 45.7 Å². The number of benzene rings is 2. The largest absolute Gasteiger partial charge is 0.497 e. The van der Waals surface area contributed by atoms with Gasteiger partial charge in [0.1, 0.15) is 34.6 Å². The van der Waals surface area contributed by atoms with Crippen LogP contribution in [-0.4, -0.2) is 94.5 Å². The summed E-state index contributed by atoms with van der Waals surface area (Å²) in [5.41, 5.74) is 1.32. The Morgan fingerprint density at radius 3 is 2.42 bits per heavy atom. The monoisotopic (exact) mass is 707 g/mol. The number of nitrogens with zero attached hydrogens (tertiary/aromatic N) is 2. The standard InChI is InChI=1S/C37H50FN5O6Si/c1-6-32(44)40-33(35(46)43-18-16-42(3)17-19-43)23(2)24-12-15-30(29(38)20-24)39-36(47)37(50-5,25-10-8-7-9-11-25)41-34(45)28-22-49-31-21-26(48-4)13-14-27(28)31/h12-15,20-23,25,33H,6-11,16-19,50H2,1-5H3,(H,39,47)(H,40,44)(H,41,45)/t23-,33+,37-/m0/s1. The number of likely N-dealkylation sites (N-methyl/N-ethyl adjacent to an activating group) is 1. The molecule has 2 aromatic carbocycles. The fourth-order valence-corrected chi connectivity index (χ4v) is 9.03. The van der Waals surface area contributed by atoms with E-state index in [1.165, 1.54) is 18.4 Å². The highest BCUT2D eigenvalue weighted by Crippen LogP contribution is 2.35. The number of carbonyl (C=O) groups excluding carboxylic acids is 4. The molecular weight excluding hydrogens is 658 g/mol. The van der Waals surface area contributed by atoms with Gasteiger partial charge < -0.3 is 34.9 Å². The van der Waals surface area contributed by atoms with Crippen molar-refractivity contribution in [1.29, 1.82) is 0 Å². The van der Waals surface area contributed by atoms with E-state index in [1.807, 2.05) is 13.6 Å². The first kappa shape index (κ1) is 37.0. The summed E-state index contributed by atoms with van der Waals surface area (Å²) in [6.45, 7) is 8.07. The van der Waals surface area contributed by atoms with Gasteiger partial charge in [0.25, 0.3) is 5.91 Å². The highest BCUT2D eigenvalue weighted by atomic mass is 28.2. The van der Waals surface area contributed by atoms with Crippen LogP contribution in [0.3, 0.4) is 0 Å². The Bertz CT molecular complexity index is 1700. The molecular formula is C37H50FN5O6Si. The van der Waals surface area contributed by atoms with E-state index in [4.69, 9.17) is 9.15 Å². The van der Waals surface area contributed by atoms with Crippen LogP contribution in [0.4, 0.5) is 10.1 Å². The number of carbonyl (C=O) groups is 4. The second-order valence-corrected chi connectivity index (χ2v) is 15.5. The highest BCUT2D eigenvalue weighted by Gasteiger charge is 2.46. The molecule has 0 radical (unpaired) electrons. The van der Waals surface area contributed by atoms with Gasteiger partial charge in [0.15, 0.2) is 0 Å². The lowest BCUT2D eigenvalue weighted by Gasteiger charge is -2.41. The number of methoxy groups -OCH3 is 1. The lowest BCUT2D eigenvalue weighted by molar-refractivity contribution is -0.138. The second kappa shape index (κ2) is 16.2. The molecule has 2 aliphatic rings. The maximum atomic E-state index is 15.9. The Hall–Kier alpha value is -4.23. The summed E-state index contributed by atoms with van der Waals surface area (Å²) in [6, 6.07) is 8.84. The van der Waals surface area contributed by atoms with Crippen molar-refractivity contribution in [3.8, 4) is 5.75 Å². The third kappa shape index (κ3) is 7.88. The second-order valence-electron chi connectivity index (χ2n) is 13.6. The predicted octanol–water partition coefficient (Wildman–Crippen LogP) is 4.21. The van der Waals surface area contributed by atoms with Crippen molar-refractivity contribution in [2.24, 2.45) is 5.92 Å². The summed E-state index contributed by atoms with van der Waals surface area (Å²) in [7, 11) is 2.29. The molecule has 2 heterocycles. The van der Waals surface area contributed by atoms with E-state index in [0.717, 1.165) is 45.2 Å². The number of nitrogens with one attached hydrogen (secondary N) is 3. The summed E-state index contributed by atoms with van der Waals surface area (Å²) in [4.78, 5) is 58.2. The number of hydrogen-bond donors (Lipinski definition) is 3. The van der Waals surface area contributed by atoms with Crippen molar-refractivity contribution in [3.63, 3.8) is 0 Å². The number of piperazine rings is 1. The number of amides is 4. The van der Waals surface area contributed by atoms with E-state index >= 15 is 4.39 Å². The van der Waals surface area contributed by atoms with Gasteiger partial charge in [-0.2, -0.15) is 0 Å². The van der Waals surface area contributed by atoms with Crippen molar-refractivity contribution in [3.05, 3.63) is 59.6 Å². The molecule has 11 nitrogen and oxygen atoms in total.